The number of rotatable bonds is 8. The van der Waals surface area contributed by atoms with Gasteiger partial charge in [0.05, 0.1) is 25.3 Å². The van der Waals surface area contributed by atoms with Crippen LogP contribution in [-0.4, -0.2) is 39.9 Å². The van der Waals surface area contributed by atoms with Crippen LogP contribution in [0.1, 0.15) is 37.8 Å². The minimum Gasteiger partial charge on any atom is -0.497 e. The van der Waals surface area contributed by atoms with Crippen LogP contribution in [0, 0.1) is 0 Å². The number of ether oxygens (including phenoxy) is 1. The summed E-state index contributed by atoms with van der Waals surface area (Å²) in [7, 11) is -2.17. The maximum atomic E-state index is 12.5. The van der Waals surface area contributed by atoms with Crippen molar-refractivity contribution < 1.29 is 17.9 Å². The summed E-state index contributed by atoms with van der Waals surface area (Å²) in [6, 6.07) is 13.3. The molecular weight excluding hydrogens is 390 g/mol. The van der Waals surface area contributed by atoms with Crippen molar-refractivity contribution >= 4 is 27.8 Å². The molecule has 2 aromatic carbocycles. The molecule has 0 unspecified atom stereocenters. The minimum absolute atomic E-state index is 0.365. The van der Waals surface area contributed by atoms with Crippen LogP contribution in [0.15, 0.2) is 53.6 Å². The molecule has 0 aliphatic rings. The first-order chi connectivity index (χ1) is 13.6. The third-order valence-electron chi connectivity index (χ3n) is 4.41. The molecular formula is C21H27N3O4S. The summed E-state index contributed by atoms with van der Waals surface area (Å²) in [6.45, 7) is 5.73. The molecule has 0 saturated heterocycles. The number of carbonyl (C=O) groups excluding carboxylic acids is 1. The molecule has 0 heterocycles. The normalized spacial score (nSPS) is 12.8. The summed E-state index contributed by atoms with van der Waals surface area (Å²) in [5, 5.41) is 3.96. The maximum Gasteiger partial charge on any atom is 0.263 e. The summed E-state index contributed by atoms with van der Waals surface area (Å²) in [6.07, 6.45) is 2.58. The lowest BCUT2D eigenvalue weighted by atomic mass is 10.0. The number of sulfonamides is 1. The zero-order valence-electron chi connectivity index (χ0n) is 17.3. The van der Waals surface area contributed by atoms with Crippen molar-refractivity contribution in [1.29, 1.82) is 0 Å². The maximum absolute atomic E-state index is 12.5. The van der Waals surface area contributed by atoms with E-state index in [-0.39, 0.29) is 0 Å². The van der Waals surface area contributed by atoms with Crippen LogP contribution in [0.5, 0.6) is 5.75 Å². The molecule has 0 radical (unpaired) electrons. The second-order valence-corrected chi connectivity index (χ2v) is 8.85. The van der Waals surface area contributed by atoms with Crippen LogP contribution >= 0.6 is 0 Å². The summed E-state index contributed by atoms with van der Waals surface area (Å²) in [4.78, 5) is 12.5. The molecule has 2 aromatic rings. The molecule has 7 nitrogen and oxygen atoms in total. The van der Waals surface area contributed by atoms with E-state index in [4.69, 9.17) is 4.74 Å². The van der Waals surface area contributed by atoms with Crippen LogP contribution in [-0.2, 0) is 14.8 Å². The lowest BCUT2D eigenvalue weighted by molar-refractivity contribution is -0.121. The average molecular weight is 418 g/mol. The number of nitrogens with zero attached hydrogens (tertiary/aromatic N) is 2. The summed E-state index contributed by atoms with van der Waals surface area (Å²) < 4.78 is 30.7. The third-order valence-corrected chi connectivity index (χ3v) is 5.65. The molecule has 156 valence electrons. The quantitative estimate of drug-likeness (QED) is 0.528. The second kappa shape index (κ2) is 9.56. The molecule has 1 N–H and O–H groups in total. The predicted octanol–water partition coefficient (Wildman–Crippen LogP) is 3.12. The van der Waals surface area contributed by atoms with Crippen molar-refractivity contribution in [3.05, 3.63) is 59.7 Å². The van der Waals surface area contributed by atoms with Crippen molar-refractivity contribution in [1.82, 2.24) is 5.43 Å². The van der Waals surface area contributed by atoms with Crippen molar-refractivity contribution in [2.75, 3.05) is 17.7 Å². The van der Waals surface area contributed by atoms with Gasteiger partial charge in [-0.3, -0.25) is 9.10 Å². The number of amides is 1. The fourth-order valence-electron chi connectivity index (χ4n) is 2.77. The molecule has 2 rings (SSSR count). The summed E-state index contributed by atoms with van der Waals surface area (Å²) in [5.74, 6) is 0.482. The van der Waals surface area contributed by atoms with Crippen LogP contribution in [0.25, 0.3) is 0 Å². The van der Waals surface area contributed by atoms with Gasteiger partial charge in [0, 0.05) is 0 Å². The highest BCUT2D eigenvalue weighted by molar-refractivity contribution is 7.92. The van der Waals surface area contributed by atoms with Crippen molar-refractivity contribution in [2.45, 2.75) is 32.7 Å². The topological polar surface area (TPSA) is 88.1 Å². The highest BCUT2D eigenvalue weighted by Gasteiger charge is 2.29. The van der Waals surface area contributed by atoms with Gasteiger partial charge < -0.3 is 4.74 Å². The summed E-state index contributed by atoms with van der Waals surface area (Å²) in [5.41, 5.74) is 4.82. The predicted molar refractivity (Wildman–Crippen MR) is 116 cm³/mol. The monoisotopic (exact) mass is 417 g/mol. The Morgan fingerprint density at radius 1 is 1.07 bits per heavy atom. The average Bonchev–Trinajstić information content (AvgIpc) is 2.67. The Morgan fingerprint density at radius 3 is 2.14 bits per heavy atom. The number of methoxy groups -OCH3 is 1. The highest BCUT2D eigenvalue weighted by atomic mass is 32.2. The standard InChI is InChI=1S/C21H27N3O4S/c1-15(2)18-8-6-17(7-9-18)14-22-23-21(25)16(3)24(29(5,26)27)19-10-12-20(28-4)13-11-19/h6-16H,1-5H3,(H,23,25)/b22-14-/t16-/m0/s1. The van der Waals surface area contributed by atoms with Gasteiger partial charge in [-0.15, -0.1) is 0 Å². The smallest absolute Gasteiger partial charge is 0.263 e. The zero-order chi connectivity index (χ0) is 21.6. The molecule has 0 fully saturated rings. The van der Waals surface area contributed by atoms with Crippen LogP contribution in [0.3, 0.4) is 0 Å². The van der Waals surface area contributed by atoms with Gasteiger partial charge in [-0.25, -0.2) is 13.8 Å². The summed E-state index contributed by atoms with van der Waals surface area (Å²) >= 11 is 0. The van der Waals surface area contributed by atoms with E-state index in [0.29, 0.717) is 17.4 Å². The molecule has 0 spiro atoms. The highest BCUT2D eigenvalue weighted by Crippen LogP contribution is 2.23. The van der Waals surface area contributed by atoms with Crippen molar-refractivity contribution in [3.8, 4) is 5.75 Å². The molecule has 1 atom stereocenters. The van der Waals surface area contributed by atoms with Crippen molar-refractivity contribution in [3.63, 3.8) is 0 Å². The third kappa shape index (κ3) is 6.05. The SMILES string of the molecule is COc1ccc(N([C@@H](C)C(=O)N/N=C\c2ccc(C(C)C)cc2)S(C)(=O)=O)cc1. The molecule has 0 aromatic heterocycles. The Bertz CT molecular complexity index is 952. The van der Waals surface area contributed by atoms with Crippen LogP contribution < -0.4 is 14.5 Å². The molecule has 29 heavy (non-hydrogen) atoms. The molecule has 0 aliphatic carbocycles. The van der Waals surface area contributed by atoms with Crippen LogP contribution in [0.4, 0.5) is 5.69 Å². The van der Waals surface area contributed by atoms with Gasteiger partial charge in [0.2, 0.25) is 10.0 Å². The van der Waals surface area contributed by atoms with Gasteiger partial charge in [0.25, 0.3) is 5.91 Å². The number of hydrogen-bond acceptors (Lipinski definition) is 5. The van der Waals surface area contributed by atoms with E-state index in [0.717, 1.165) is 16.1 Å². The van der Waals surface area contributed by atoms with Gasteiger partial charge in [0.15, 0.2) is 0 Å². The Hall–Kier alpha value is -2.87. The molecule has 8 heteroatoms. The first-order valence-corrected chi connectivity index (χ1v) is 11.0. The van der Waals surface area contributed by atoms with E-state index in [9.17, 15) is 13.2 Å². The van der Waals surface area contributed by atoms with Crippen LogP contribution in [0.2, 0.25) is 0 Å². The lowest BCUT2D eigenvalue weighted by Crippen LogP contribution is -2.46. The van der Waals surface area contributed by atoms with Gasteiger partial charge in [-0.1, -0.05) is 38.1 Å². The number of hydrogen-bond donors (Lipinski definition) is 1. The first kappa shape index (κ1) is 22.4. The molecule has 0 saturated carbocycles. The van der Waals surface area contributed by atoms with E-state index in [2.05, 4.69) is 24.4 Å². The van der Waals surface area contributed by atoms with Gasteiger partial charge in [0.1, 0.15) is 11.8 Å². The van der Waals surface area contributed by atoms with Gasteiger partial charge in [-0.05, 0) is 48.2 Å². The van der Waals surface area contributed by atoms with Crippen molar-refractivity contribution in [2.24, 2.45) is 5.10 Å². The number of carbonyl (C=O) groups is 1. The molecule has 0 bridgehead atoms. The first-order valence-electron chi connectivity index (χ1n) is 9.20. The fraction of sp³-hybridized carbons (Fsp3) is 0.333. The van der Waals surface area contributed by atoms with Gasteiger partial charge in [-0.2, -0.15) is 5.10 Å². The molecule has 1 amide bonds. The molecule has 0 aliphatic heterocycles. The second-order valence-electron chi connectivity index (χ2n) is 6.99. The largest absolute Gasteiger partial charge is 0.497 e. The number of hydrazone groups is 1. The van der Waals surface area contributed by atoms with E-state index >= 15 is 0 Å². The lowest BCUT2D eigenvalue weighted by Gasteiger charge is -2.27. The van der Waals surface area contributed by atoms with E-state index in [1.807, 2.05) is 24.3 Å². The van der Waals surface area contributed by atoms with Gasteiger partial charge >= 0.3 is 0 Å². The number of benzene rings is 2. The Kier molecular flexibility index (Phi) is 7.39. The minimum atomic E-state index is -3.69. The Labute approximate surface area is 172 Å². The van der Waals surface area contributed by atoms with E-state index in [1.165, 1.54) is 25.8 Å². The van der Waals surface area contributed by atoms with E-state index < -0.39 is 22.0 Å². The number of anilines is 1. The Morgan fingerprint density at radius 2 is 1.66 bits per heavy atom. The Balaban J connectivity index is 2.12. The van der Waals surface area contributed by atoms with E-state index in [1.54, 1.807) is 24.3 Å². The number of nitrogens with one attached hydrogen (secondary N) is 1. The zero-order valence-corrected chi connectivity index (χ0v) is 18.1. The fourth-order valence-corrected chi connectivity index (χ4v) is 3.94.